The molecule has 1 unspecified atom stereocenters. The number of carbonyl (C=O) groups is 1. The molecule has 7 nitrogen and oxygen atoms in total. The average Bonchev–Trinajstić information content (AvgIpc) is 3.50. The number of benzene rings is 1. The monoisotopic (exact) mass is 426 g/mol. The third-order valence-electron chi connectivity index (χ3n) is 5.44. The van der Waals surface area contributed by atoms with E-state index in [2.05, 4.69) is 19.7 Å². The lowest BCUT2D eigenvalue weighted by Crippen LogP contribution is -2.17. The number of aromatic nitrogens is 4. The number of aromatic amines is 1. The molecule has 1 aliphatic rings. The van der Waals surface area contributed by atoms with Crippen LogP contribution in [0.5, 0.6) is 5.75 Å². The van der Waals surface area contributed by atoms with E-state index in [-0.39, 0.29) is 11.9 Å². The second-order valence-electron chi connectivity index (χ2n) is 7.44. The first kappa shape index (κ1) is 20.7. The van der Waals surface area contributed by atoms with Gasteiger partial charge in [-0.1, -0.05) is 11.8 Å². The van der Waals surface area contributed by atoms with Crippen LogP contribution in [-0.4, -0.2) is 51.1 Å². The molecule has 1 aromatic carbocycles. The Hall–Kier alpha value is -2.58. The minimum absolute atomic E-state index is 0.0856. The number of nitrogens with zero attached hydrogens (tertiary/aromatic N) is 3. The molecule has 3 aromatic rings. The summed E-state index contributed by atoms with van der Waals surface area (Å²) in [6.07, 6.45) is 2.44. The predicted molar refractivity (Wildman–Crippen MR) is 116 cm³/mol. The average molecular weight is 427 g/mol. The van der Waals surface area contributed by atoms with Crippen molar-refractivity contribution in [3.8, 4) is 17.1 Å². The number of methoxy groups -OCH3 is 1. The fourth-order valence-electron chi connectivity index (χ4n) is 3.75. The minimum atomic E-state index is 0.0856. The van der Waals surface area contributed by atoms with Crippen LogP contribution in [0, 0.1) is 13.8 Å². The first-order valence-corrected chi connectivity index (χ1v) is 11.0. The Kier molecular flexibility index (Phi) is 6.24. The lowest BCUT2D eigenvalue weighted by Gasteiger charge is -2.14. The summed E-state index contributed by atoms with van der Waals surface area (Å²) in [5, 5.41) is 7.73. The van der Waals surface area contributed by atoms with Crippen molar-refractivity contribution in [2.75, 3.05) is 19.5 Å². The topological polar surface area (TPSA) is 82.0 Å². The molecule has 1 aliphatic heterocycles. The van der Waals surface area contributed by atoms with Crippen LogP contribution < -0.4 is 4.74 Å². The SMILES string of the molecule is COc1ccc(-c2nc(SCC(=O)c3cc(C)n(CC4CCCO4)c3C)n[nH]2)cc1. The van der Waals surface area contributed by atoms with E-state index >= 15 is 0 Å². The number of hydrogen-bond acceptors (Lipinski definition) is 6. The van der Waals surface area contributed by atoms with E-state index in [4.69, 9.17) is 9.47 Å². The van der Waals surface area contributed by atoms with Gasteiger partial charge in [0.2, 0.25) is 5.16 Å². The van der Waals surface area contributed by atoms with Gasteiger partial charge in [-0.05, 0) is 57.0 Å². The summed E-state index contributed by atoms with van der Waals surface area (Å²) >= 11 is 1.34. The molecule has 3 heterocycles. The molecule has 0 aliphatic carbocycles. The lowest BCUT2D eigenvalue weighted by molar-refractivity contribution is 0.0957. The molecule has 0 bridgehead atoms. The summed E-state index contributed by atoms with van der Waals surface area (Å²) in [4.78, 5) is 17.3. The molecule has 1 saturated heterocycles. The zero-order chi connectivity index (χ0) is 21.1. The molecular formula is C22H26N4O3S. The number of hydrogen-bond donors (Lipinski definition) is 1. The predicted octanol–water partition coefficient (Wildman–Crippen LogP) is 4.05. The van der Waals surface area contributed by atoms with Gasteiger partial charge in [0.25, 0.3) is 0 Å². The molecule has 2 aromatic heterocycles. The van der Waals surface area contributed by atoms with Crippen LogP contribution in [-0.2, 0) is 11.3 Å². The molecular weight excluding hydrogens is 400 g/mol. The van der Waals surface area contributed by atoms with Crippen LogP contribution in [0.15, 0.2) is 35.5 Å². The quantitative estimate of drug-likeness (QED) is 0.432. The Labute approximate surface area is 180 Å². The Bertz CT molecular complexity index is 1020. The second-order valence-corrected chi connectivity index (χ2v) is 8.38. The molecule has 1 atom stereocenters. The zero-order valence-electron chi connectivity index (χ0n) is 17.5. The van der Waals surface area contributed by atoms with Gasteiger partial charge in [-0.15, -0.1) is 5.10 Å². The summed E-state index contributed by atoms with van der Waals surface area (Å²) in [5.74, 6) is 1.84. The highest BCUT2D eigenvalue weighted by Crippen LogP contribution is 2.24. The summed E-state index contributed by atoms with van der Waals surface area (Å²) in [6.45, 7) is 5.70. The van der Waals surface area contributed by atoms with Gasteiger partial charge in [0.1, 0.15) is 5.75 Å². The molecule has 1 N–H and O–H groups in total. The molecule has 158 valence electrons. The summed E-state index contributed by atoms with van der Waals surface area (Å²) in [6, 6.07) is 9.57. The van der Waals surface area contributed by atoms with E-state index in [9.17, 15) is 4.79 Å². The van der Waals surface area contributed by atoms with Gasteiger partial charge in [0.15, 0.2) is 11.6 Å². The number of H-pyrrole nitrogens is 1. The number of Topliss-reactive ketones (excluding diaryl/α,β-unsaturated/α-hetero) is 1. The van der Waals surface area contributed by atoms with Crippen molar-refractivity contribution >= 4 is 17.5 Å². The van der Waals surface area contributed by atoms with E-state index in [0.717, 1.165) is 54.3 Å². The molecule has 30 heavy (non-hydrogen) atoms. The summed E-state index contributed by atoms with van der Waals surface area (Å²) in [5.41, 5.74) is 3.78. The Balaban J connectivity index is 1.39. The highest BCUT2D eigenvalue weighted by Gasteiger charge is 2.21. The van der Waals surface area contributed by atoms with E-state index in [1.165, 1.54) is 11.8 Å². The maximum absolute atomic E-state index is 12.8. The van der Waals surface area contributed by atoms with Gasteiger partial charge >= 0.3 is 0 Å². The first-order valence-electron chi connectivity index (χ1n) is 10.1. The normalized spacial score (nSPS) is 16.2. The first-order chi connectivity index (χ1) is 14.5. The van der Waals surface area contributed by atoms with Crippen molar-refractivity contribution < 1.29 is 14.3 Å². The zero-order valence-corrected chi connectivity index (χ0v) is 18.3. The van der Waals surface area contributed by atoms with E-state index < -0.39 is 0 Å². The van der Waals surface area contributed by atoms with E-state index in [1.54, 1.807) is 7.11 Å². The van der Waals surface area contributed by atoms with Crippen LogP contribution in [0.4, 0.5) is 0 Å². The smallest absolute Gasteiger partial charge is 0.209 e. The Morgan fingerprint density at radius 2 is 2.13 bits per heavy atom. The van der Waals surface area contributed by atoms with Gasteiger partial charge in [-0.25, -0.2) is 4.98 Å². The van der Waals surface area contributed by atoms with E-state index in [0.29, 0.717) is 16.7 Å². The van der Waals surface area contributed by atoms with Crippen molar-refractivity contribution in [3.05, 3.63) is 47.3 Å². The summed E-state index contributed by atoms with van der Waals surface area (Å²) in [7, 11) is 1.63. The van der Waals surface area contributed by atoms with Gasteiger partial charge in [0.05, 0.1) is 19.0 Å². The largest absolute Gasteiger partial charge is 0.497 e. The third kappa shape index (κ3) is 4.44. The van der Waals surface area contributed by atoms with Crippen LogP contribution in [0.25, 0.3) is 11.4 Å². The van der Waals surface area contributed by atoms with Gasteiger partial charge in [-0.3, -0.25) is 9.89 Å². The molecule has 0 radical (unpaired) electrons. The molecule has 0 spiro atoms. The number of aryl methyl sites for hydroxylation is 1. The van der Waals surface area contributed by atoms with Crippen LogP contribution >= 0.6 is 11.8 Å². The van der Waals surface area contributed by atoms with Crippen molar-refractivity contribution in [3.63, 3.8) is 0 Å². The standard InChI is InChI=1S/C22H26N4O3S/c1-14-11-19(15(2)26(14)12-18-5-4-10-29-18)20(27)13-30-22-23-21(24-25-22)16-6-8-17(28-3)9-7-16/h6-9,11,18H,4-5,10,12-13H2,1-3H3,(H,23,24,25). The van der Waals surface area contributed by atoms with Crippen molar-refractivity contribution in [1.82, 2.24) is 19.7 Å². The van der Waals surface area contributed by atoms with Gasteiger partial charge in [-0.2, -0.15) is 0 Å². The maximum Gasteiger partial charge on any atom is 0.209 e. The van der Waals surface area contributed by atoms with E-state index in [1.807, 2.05) is 44.2 Å². The highest BCUT2D eigenvalue weighted by atomic mass is 32.2. The third-order valence-corrected chi connectivity index (χ3v) is 6.29. The Morgan fingerprint density at radius 1 is 1.33 bits per heavy atom. The van der Waals surface area contributed by atoms with Crippen molar-refractivity contribution in [2.24, 2.45) is 0 Å². The number of nitrogens with one attached hydrogen (secondary N) is 1. The fourth-order valence-corrected chi connectivity index (χ4v) is 4.43. The number of carbonyl (C=O) groups excluding carboxylic acids is 1. The minimum Gasteiger partial charge on any atom is -0.497 e. The molecule has 4 rings (SSSR count). The second kappa shape index (κ2) is 9.06. The van der Waals surface area contributed by atoms with Crippen LogP contribution in [0.1, 0.15) is 34.6 Å². The maximum atomic E-state index is 12.8. The molecule has 0 amide bonds. The number of thioether (sulfide) groups is 1. The fraction of sp³-hybridized carbons (Fsp3) is 0.409. The highest BCUT2D eigenvalue weighted by molar-refractivity contribution is 7.99. The number of ether oxygens (including phenoxy) is 2. The van der Waals surface area contributed by atoms with Crippen LogP contribution in [0.3, 0.4) is 0 Å². The van der Waals surface area contributed by atoms with Gasteiger partial charge < -0.3 is 14.0 Å². The van der Waals surface area contributed by atoms with Crippen LogP contribution in [0.2, 0.25) is 0 Å². The van der Waals surface area contributed by atoms with Crippen molar-refractivity contribution in [2.45, 2.75) is 44.5 Å². The molecule has 8 heteroatoms. The molecule has 0 saturated carbocycles. The molecule has 1 fully saturated rings. The Morgan fingerprint density at radius 3 is 2.83 bits per heavy atom. The number of ketones is 1. The summed E-state index contributed by atoms with van der Waals surface area (Å²) < 4.78 is 13.1. The lowest BCUT2D eigenvalue weighted by atomic mass is 10.2. The van der Waals surface area contributed by atoms with Gasteiger partial charge in [0, 0.05) is 35.7 Å². The number of rotatable bonds is 8. The van der Waals surface area contributed by atoms with Crippen molar-refractivity contribution in [1.29, 1.82) is 0 Å².